The van der Waals surface area contributed by atoms with Crippen molar-refractivity contribution in [3.63, 3.8) is 0 Å². The van der Waals surface area contributed by atoms with E-state index in [4.69, 9.17) is 0 Å². The zero-order valence-corrected chi connectivity index (χ0v) is 17.5. The number of benzene rings is 2. The molecule has 0 fully saturated rings. The molecular weight excluding hydrogens is 352 g/mol. The van der Waals surface area contributed by atoms with Crippen molar-refractivity contribution in [2.75, 3.05) is 0 Å². The number of pyridine rings is 2. The van der Waals surface area contributed by atoms with E-state index in [1.807, 2.05) is 7.05 Å². The Hall–Kier alpha value is -3.00. The summed E-state index contributed by atoms with van der Waals surface area (Å²) in [6, 6.07) is 22.3. The van der Waals surface area contributed by atoms with Crippen molar-refractivity contribution in [2.24, 2.45) is 7.05 Å². The van der Waals surface area contributed by atoms with Gasteiger partial charge in [0.15, 0.2) is 24.8 Å². The number of hydrogen-bond donors (Lipinski definition) is 0. The second-order valence-corrected chi connectivity index (χ2v) is 7.91. The molecule has 0 spiro atoms. The van der Waals surface area contributed by atoms with E-state index in [9.17, 15) is 0 Å². The quantitative estimate of drug-likeness (QED) is 0.279. The predicted octanol–water partition coefficient (Wildman–Crippen LogP) is 5.87. The molecule has 2 heteroatoms. The largest absolute Gasteiger partial charge is 0.208 e. The summed E-state index contributed by atoms with van der Waals surface area (Å²) in [6.45, 7) is 3.37. The minimum Gasteiger partial charge on any atom is -0.208 e. The summed E-state index contributed by atoms with van der Waals surface area (Å²) in [6.07, 6.45) is 13.8. The fraction of sp³-hybridized carbons (Fsp3) is 0.259. The first-order valence-electron chi connectivity index (χ1n) is 10.7. The molecule has 4 rings (SSSR count). The van der Waals surface area contributed by atoms with Gasteiger partial charge in [-0.1, -0.05) is 44.0 Å². The van der Waals surface area contributed by atoms with E-state index in [2.05, 4.69) is 102 Å². The summed E-state index contributed by atoms with van der Waals surface area (Å²) in [5.41, 5.74) is 5.06. The Bertz CT molecular complexity index is 1080. The second-order valence-electron chi connectivity index (χ2n) is 7.91. The van der Waals surface area contributed by atoms with Crippen LogP contribution in [0, 0.1) is 0 Å². The summed E-state index contributed by atoms with van der Waals surface area (Å²) in [4.78, 5) is 0. The molecule has 2 aromatic carbocycles. The van der Waals surface area contributed by atoms with Crippen LogP contribution >= 0.6 is 0 Å². The van der Waals surface area contributed by atoms with Gasteiger partial charge < -0.3 is 0 Å². The molecule has 0 unspecified atom stereocenters. The molecule has 0 radical (unpaired) electrons. The van der Waals surface area contributed by atoms with E-state index in [0.717, 1.165) is 6.54 Å². The molecular formula is C27H30N2+2. The normalized spacial score (nSPS) is 11.1. The number of fused-ring (bicyclic) bond motifs is 1. The molecule has 0 aliphatic carbocycles. The summed E-state index contributed by atoms with van der Waals surface area (Å²) in [5.74, 6) is 0. The number of hydrogen-bond acceptors (Lipinski definition) is 0. The third-order valence-electron chi connectivity index (χ3n) is 5.65. The number of unbranched alkanes of at least 4 members (excludes halogenated alkanes) is 3. The standard InChI is InChI=1S/C27H30N2/c1-3-4-5-6-15-29-18-13-23(14-19-29)25-8-10-26-20-24(7-9-27(26)21-25)22-11-16-28(2)17-12-22/h7-14,16-21H,3-6,15H2,1-2H3/q+2. The first-order valence-corrected chi connectivity index (χ1v) is 10.7. The van der Waals surface area contributed by atoms with E-state index in [0.29, 0.717) is 0 Å². The molecule has 0 amide bonds. The van der Waals surface area contributed by atoms with Crippen molar-refractivity contribution in [2.45, 2.75) is 39.2 Å². The summed E-state index contributed by atoms with van der Waals surface area (Å²) >= 11 is 0. The molecule has 2 nitrogen and oxygen atoms in total. The van der Waals surface area contributed by atoms with Gasteiger partial charge in [-0.2, -0.15) is 0 Å². The van der Waals surface area contributed by atoms with Crippen molar-refractivity contribution < 1.29 is 9.13 Å². The maximum Gasteiger partial charge on any atom is 0.169 e. The average molecular weight is 383 g/mol. The first-order chi connectivity index (χ1) is 14.2. The molecule has 0 bridgehead atoms. The molecule has 2 heterocycles. The van der Waals surface area contributed by atoms with E-state index in [-0.39, 0.29) is 0 Å². The van der Waals surface area contributed by atoms with Gasteiger partial charge in [0, 0.05) is 30.7 Å². The third kappa shape index (κ3) is 4.71. The topological polar surface area (TPSA) is 7.76 Å². The Morgan fingerprint density at radius 1 is 0.586 bits per heavy atom. The van der Waals surface area contributed by atoms with Crippen molar-refractivity contribution in [1.82, 2.24) is 0 Å². The molecule has 0 saturated heterocycles. The zero-order chi connectivity index (χ0) is 20.1. The Morgan fingerprint density at radius 2 is 1.14 bits per heavy atom. The van der Waals surface area contributed by atoms with Crippen LogP contribution in [0.25, 0.3) is 33.0 Å². The van der Waals surface area contributed by atoms with Gasteiger partial charge in [0.2, 0.25) is 0 Å². The molecule has 29 heavy (non-hydrogen) atoms. The Balaban J connectivity index is 1.53. The summed E-state index contributed by atoms with van der Waals surface area (Å²) < 4.78 is 4.36. The van der Waals surface area contributed by atoms with Crippen molar-refractivity contribution in [1.29, 1.82) is 0 Å². The van der Waals surface area contributed by atoms with Crippen LogP contribution in [0.4, 0.5) is 0 Å². The SMILES string of the molecule is CCCCCC[n+]1ccc(-c2ccc3cc(-c4cc[n+](C)cc4)ccc3c2)cc1. The molecule has 0 N–H and O–H groups in total. The smallest absolute Gasteiger partial charge is 0.169 e. The van der Waals surface area contributed by atoms with Crippen molar-refractivity contribution in [3.05, 3.63) is 85.5 Å². The highest BCUT2D eigenvalue weighted by Crippen LogP contribution is 2.28. The van der Waals surface area contributed by atoms with Gasteiger partial charge in [0.25, 0.3) is 0 Å². The molecule has 146 valence electrons. The van der Waals surface area contributed by atoms with E-state index in [1.54, 1.807) is 0 Å². The van der Waals surface area contributed by atoms with Gasteiger partial charge in [-0.15, -0.1) is 0 Å². The monoisotopic (exact) mass is 382 g/mol. The van der Waals surface area contributed by atoms with Gasteiger partial charge >= 0.3 is 0 Å². The lowest BCUT2D eigenvalue weighted by Crippen LogP contribution is -2.32. The second kappa shape index (κ2) is 9.00. The van der Waals surface area contributed by atoms with Gasteiger partial charge in [0.05, 0.1) is 0 Å². The number of aryl methyl sites for hydroxylation is 2. The van der Waals surface area contributed by atoms with Crippen LogP contribution in [0.3, 0.4) is 0 Å². The number of aromatic nitrogens is 2. The zero-order valence-electron chi connectivity index (χ0n) is 17.5. The highest BCUT2D eigenvalue weighted by atomic mass is 14.9. The van der Waals surface area contributed by atoms with Crippen molar-refractivity contribution >= 4 is 10.8 Å². The van der Waals surface area contributed by atoms with Crippen LogP contribution in [0.2, 0.25) is 0 Å². The van der Waals surface area contributed by atoms with Crippen molar-refractivity contribution in [3.8, 4) is 22.3 Å². The molecule has 0 aliphatic heterocycles. The minimum absolute atomic E-state index is 1.11. The van der Waals surface area contributed by atoms with Gasteiger partial charge in [-0.05, 0) is 51.6 Å². The Labute approximate surface area is 174 Å². The first kappa shape index (κ1) is 19.3. The fourth-order valence-electron chi connectivity index (χ4n) is 3.82. The van der Waals surface area contributed by atoms with Crippen LogP contribution < -0.4 is 9.13 Å². The van der Waals surface area contributed by atoms with Crippen LogP contribution in [-0.2, 0) is 13.6 Å². The van der Waals surface area contributed by atoms with Crippen LogP contribution in [-0.4, -0.2) is 0 Å². The maximum atomic E-state index is 2.30. The Morgan fingerprint density at radius 3 is 1.69 bits per heavy atom. The number of rotatable bonds is 7. The lowest BCUT2D eigenvalue weighted by Gasteiger charge is -2.07. The molecule has 4 aromatic rings. The number of nitrogens with zero attached hydrogens (tertiary/aromatic N) is 2. The highest BCUT2D eigenvalue weighted by molar-refractivity contribution is 5.90. The molecule has 2 aromatic heterocycles. The van der Waals surface area contributed by atoms with E-state index < -0.39 is 0 Å². The molecule has 0 atom stereocenters. The van der Waals surface area contributed by atoms with Gasteiger partial charge in [0.1, 0.15) is 13.6 Å². The van der Waals surface area contributed by atoms with Gasteiger partial charge in [-0.25, -0.2) is 9.13 Å². The lowest BCUT2D eigenvalue weighted by atomic mass is 9.98. The van der Waals surface area contributed by atoms with Crippen LogP contribution in [0.5, 0.6) is 0 Å². The van der Waals surface area contributed by atoms with Crippen LogP contribution in [0.1, 0.15) is 32.6 Å². The fourth-order valence-corrected chi connectivity index (χ4v) is 3.82. The van der Waals surface area contributed by atoms with Gasteiger partial charge in [-0.3, -0.25) is 0 Å². The molecule has 0 saturated carbocycles. The minimum atomic E-state index is 1.11. The highest BCUT2D eigenvalue weighted by Gasteiger charge is 2.06. The average Bonchev–Trinajstić information content (AvgIpc) is 2.77. The summed E-state index contributed by atoms with van der Waals surface area (Å²) in [7, 11) is 2.04. The lowest BCUT2D eigenvalue weighted by molar-refractivity contribution is -0.697. The maximum absolute atomic E-state index is 2.30. The molecule has 0 aliphatic rings. The Kier molecular flexibility index (Phi) is 6.00. The third-order valence-corrected chi connectivity index (χ3v) is 5.65. The van der Waals surface area contributed by atoms with E-state index >= 15 is 0 Å². The predicted molar refractivity (Wildman–Crippen MR) is 120 cm³/mol. The van der Waals surface area contributed by atoms with Crippen LogP contribution in [0.15, 0.2) is 85.5 Å². The summed E-state index contributed by atoms with van der Waals surface area (Å²) in [5, 5.41) is 2.56. The van der Waals surface area contributed by atoms with E-state index in [1.165, 1.54) is 58.7 Å².